The Kier molecular flexibility index (Phi) is 4.15. The van der Waals surface area contributed by atoms with E-state index in [9.17, 15) is 13.8 Å². The molecule has 0 radical (unpaired) electrons. The van der Waals surface area contributed by atoms with Crippen molar-refractivity contribution in [3.63, 3.8) is 0 Å². The first kappa shape index (κ1) is 16.3. The van der Waals surface area contributed by atoms with Gasteiger partial charge in [-0.15, -0.1) is 0 Å². The number of likely N-dealkylation sites (N-methyl/N-ethyl adjacent to an activating group) is 2. The van der Waals surface area contributed by atoms with Crippen LogP contribution in [0.25, 0.3) is 0 Å². The predicted octanol–water partition coefficient (Wildman–Crippen LogP) is 0.454. The van der Waals surface area contributed by atoms with E-state index >= 15 is 0 Å². The van der Waals surface area contributed by atoms with E-state index in [-0.39, 0.29) is 10.8 Å². The Morgan fingerprint density at radius 2 is 1.88 bits per heavy atom. The number of nitrogens with one attached hydrogen (secondary N) is 1. The molecule has 3 rings (SSSR count). The van der Waals surface area contributed by atoms with Crippen LogP contribution in [0.15, 0.2) is 52.3 Å². The number of carbonyl (C=O) groups is 2. The molecule has 0 fully saturated rings. The maximum atomic E-state index is 12.5. The van der Waals surface area contributed by atoms with Gasteiger partial charge in [-0.3, -0.25) is 9.10 Å². The second-order valence-electron chi connectivity index (χ2n) is 5.34. The number of amides is 1. The van der Waals surface area contributed by atoms with Crippen molar-refractivity contribution in [3.05, 3.63) is 57.9 Å². The molecule has 2 heterocycles. The van der Waals surface area contributed by atoms with Gasteiger partial charge in [0, 0.05) is 20.6 Å². The third kappa shape index (κ3) is 2.39. The average Bonchev–Trinajstić information content (AvgIpc) is 2.99. The molecule has 1 aromatic rings. The number of rotatable bonds is 4. The van der Waals surface area contributed by atoms with E-state index in [2.05, 4.69) is 5.32 Å². The SMILES string of the molecule is COC(=O)C1=C2C(=C(NCc3ccccc3)C(=O)N2C)N(C)S1=O. The molecule has 24 heavy (non-hydrogen) atoms. The summed E-state index contributed by atoms with van der Waals surface area (Å²) in [5, 5.41) is 3.10. The molecule has 0 saturated heterocycles. The number of hydrogen-bond donors (Lipinski definition) is 1. The molecule has 0 bridgehead atoms. The summed E-state index contributed by atoms with van der Waals surface area (Å²) in [5.41, 5.74) is 2.12. The van der Waals surface area contributed by atoms with Crippen LogP contribution in [-0.2, 0) is 31.9 Å². The van der Waals surface area contributed by atoms with Crippen molar-refractivity contribution < 1.29 is 18.5 Å². The molecule has 1 N–H and O–H groups in total. The fraction of sp³-hybridized carbons (Fsp3) is 0.250. The topological polar surface area (TPSA) is 79.0 Å². The Balaban J connectivity index is 2.00. The van der Waals surface area contributed by atoms with Crippen LogP contribution >= 0.6 is 0 Å². The van der Waals surface area contributed by atoms with Crippen LogP contribution in [-0.4, -0.2) is 46.5 Å². The van der Waals surface area contributed by atoms with E-state index < -0.39 is 17.0 Å². The molecule has 7 nitrogen and oxygen atoms in total. The Morgan fingerprint density at radius 1 is 1.21 bits per heavy atom. The van der Waals surface area contributed by atoms with E-state index in [1.807, 2.05) is 30.3 Å². The highest BCUT2D eigenvalue weighted by molar-refractivity contribution is 7.88. The molecule has 0 aromatic heterocycles. The van der Waals surface area contributed by atoms with Crippen LogP contribution < -0.4 is 5.32 Å². The Labute approximate surface area is 142 Å². The van der Waals surface area contributed by atoms with Crippen LogP contribution in [0.3, 0.4) is 0 Å². The van der Waals surface area contributed by atoms with Gasteiger partial charge in [-0.25, -0.2) is 9.00 Å². The molecule has 1 unspecified atom stereocenters. The molecular formula is C16H17N3O4S. The van der Waals surface area contributed by atoms with E-state index in [0.717, 1.165) is 5.56 Å². The zero-order valence-corrected chi connectivity index (χ0v) is 14.3. The number of nitrogens with zero attached hydrogens (tertiary/aromatic N) is 2. The lowest BCUT2D eigenvalue weighted by molar-refractivity contribution is -0.135. The van der Waals surface area contributed by atoms with Gasteiger partial charge in [0.15, 0.2) is 15.9 Å². The molecular weight excluding hydrogens is 330 g/mol. The number of hydrogen-bond acceptors (Lipinski definition) is 5. The first-order chi connectivity index (χ1) is 11.5. The van der Waals surface area contributed by atoms with Crippen LogP contribution in [0.1, 0.15) is 5.56 Å². The molecule has 1 atom stereocenters. The van der Waals surface area contributed by atoms with Crippen molar-refractivity contribution in [2.45, 2.75) is 6.54 Å². The largest absolute Gasteiger partial charge is 0.465 e. The van der Waals surface area contributed by atoms with Gasteiger partial charge in [0.05, 0.1) is 12.8 Å². The highest BCUT2D eigenvalue weighted by Crippen LogP contribution is 2.40. The number of carbonyl (C=O) groups excluding carboxylic acids is 2. The van der Waals surface area contributed by atoms with Crippen molar-refractivity contribution in [1.29, 1.82) is 0 Å². The van der Waals surface area contributed by atoms with E-state index in [0.29, 0.717) is 23.6 Å². The van der Waals surface area contributed by atoms with Gasteiger partial charge in [-0.2, -0.15) is 0 Å². The van der Waals surface area contributed by atoms with Gasteiger partial charge >= 0.3 is 5.97 Å². The van der Waals surface area contributed by atoms with Crippen LogP contribution in [0.5, 0.6) is 0 Å². The van der Waals surface area contributed by atoms with E-state index in [4.69, 9.17) is 4.74 Å². The molecule has 0 spiro atoms. The Morgan fingerprint density at radius 3 is 2.50 bits per heavy atom. The molecule has 0 aliphatic carbocycles. The first-order valence-corrected chi connectivity index (χ1v) is 8.36. The third-order valence-electron chi connectivity index (χ3n) is 3.95. The molecule has 2 aliphatic heterocycles. The van der Waals surface area contributed by atoms with Crippen LogP contribution in [0.2, 0.25) is 0 Å². The fourth-order valence-corrected chi connectivity index (χ4v) is 3.97. The lowest BCUT2D eigenvalue weighted by Crippen LogP contribution is -2.29. The van der Waals surface area contributed by atoms with E-state index in [1.165, 1.54) is 16.3 Å². The number of fused-ring (bicyclic) bond motifs is 1. The summed E-state index contributed by atoms with van der Waals surface area (Å²) in [5.74, 6) is -0.977. The summed E-state index contributed by atoms with van der Waals surface area (Å²) in [7, 11) is 2.65. The maximum absolute atomic E-state index is 12.5. The molecule has 126 valence electrons. The lowest BCUT2D eigenvalue weighted by Gasteiger charge is -2.14. The third-order valence-corrected chi connectivity index (χ3v) is 5.34. The smallest absolute Gasteiger partial charge is 0.351 e. The van der Waals surface area contributed by atoms with Crippen molar-refractivity contribution in [3.8, 4) is 0 Å². The van der Waals surface area contributed by atoms with Gasteiger partial charge in [-0.05, 0) is 5.56 Å². The van der Waals surface area contributed by atoms with Gasteiger partial charge in [0.1, 0.15) is 11.4 Å². The second kappa shape index (κ2) is 6.12. The number of methoxy groups -OCH3 is 1. The number of benzene rings is 1. The zero-order valence-electron chi connectivity index (χ0n) is 13.5. The minimum Gasteiger partial charge on any atom is -0.465 e. The summed E-state index contributed by atoms with van der Waals surface area (Å²) >= 11 is 0. The maximum Gasteiger partial charge on any atom is 0.351 e. The van der Waals surface area contributed by atoms with Crippen LogP contribution in [0, 0.1) is 0 Å². The molecule has 8 heteroatoms. The average molecular weight is 347 g/mol. The number of esters is 1. The Bertz CT molecular complexity index is 801. The van der Waals surface area contributed by atoms with Gasteiger partial charge < -0.3 is 15.0 Å². The van der Waals surface area contributed by atoms with Crippen molar-refractivity contribution in [1.82, 2.24) is 14.5 Å². The minimum atomic E-state index is -1.70. The molecule has 2 aliphatic rings. The quantitative estimate of drug-likeness (QED) is 0.801. The second-order valence-corrected chi connectivity index (χ2v) is 6.80. The van der Waals surface area contributed by atoms with Crippen LogP contribution in [0.4, 0.5) is 0 Å². The van der Waals surface area contributed by atoms with Gasteiger partial charge in [0.25, 0.3) is 5.91 Å². The monoisotopic (exact) mass is 347 g/mol. The summed E-state index contributed by atoms with van der Waals surface area (Å²) in [6.07, 6.45) is 0. The van der Waals surface area contributed by atoms with E-state index in [1.54, 1.807) is 14.1 Å². The first-order valence-electron chi connectivity index (χ1n) is 7.26. The van der Waals surface area contributed by atoms with Gasteiger partial charge in [0.2, 0.25) is 0 Å². The van der Waals surface area contributed by atoms with Gasteiger partial charge in [-0.1, -0.05) is 30.3 Å². The lowest BCUT2D eigenvalue weighted by atomic mass is 10.2. The van der Waals surface area contributed by atoms with Crippen molar-refractivity contribution in [2.75, 3.05) is 21.2 Å². The fourth-order valence-electron chi connectivity index (χ4n) is 2.72. The zero-order chi connectivity index (χ0) is 17.4. The van der Waals surface area contributed by atoms with Crippen molar-refractivity contribution >= 4 is 22.9 Å². The summed E-state index contributed by atoms with van der Waals surface area (Å²) < 4.78 is 18.6. The minimum absolute atomic E-state index is 0.0117. The molecule has 1 amide bonds. The summed E-state index contributed by atoms with van der Waals surface area (Å²) in [6.45, 7) is 0.445. The molecule has 1 aromatic carbocycles. The Hall–Kier alpha value is -2.61. The standard InChI is InChI=1S/C16H17N3O4S/c1-18-13-12(19(2)24(22)14(13)16(21)23-3)11(15(18)20)17-9-10-7-5-4-6-8-10/h4-8,17H,9H2,1-3H3. The summed E-state index contributed by atoms with van der Waals surface area (Å²) in [6, 6.07) is 9.62. The normalized spacial score (nSPS) is 20.0. The molecule has 0 saturated carbocycles. The number of ether oxygens (including phenoxy) is 1. The highest BCUT2D eigenvalue weighted by Gasteiger charge is 2.47. The van der Waals surface area contributed by atoms with Crippen molar-refractivity contribution in [2.24, 2.45) is 0 Å². The highest BCUT2D eigenvalue weighted by atomic mass is 32.2. The predicted molar refractivity (Wildman–Crippen MR) is 88.0 cm³/mol. The summed E-state index contributed by atoms with van der Waals surface area (Å²) in [4.78, 5) is 25.8.